The molecule has 0 unspecified atom stereocenters. The first-order chi connectivity index (χ1) is 17.7. The molecule has 202 valence electrons. The number of nitrogens with one attached hydrogen (secondary N) is 1. The number of urea groups is 1. The summed E-state index contributed by atoms with van der Waals surface area (Å²) in [5.74, 6) is -1.03. The summed E-state index contributed by atoms with van der Waals surface area (Å²) < 4.78 is 93.0. The Morgan fingerprint density at radius 1 is 1.08 bits per heavy atom. The van der Waals surface area contributed by atoms with Gasteiger partial charge >= 0.3 is 18.4 Å². The maximum atomic E-state index is 13.6. The van der Waals surface area contributed by atoms with Crippen LogP contribution in [0.4, 0.5) is 41.2 Å². The number of rotatable bonds is 4. The summed E-state index contributed by atoms with van der Waals surface area (Å²) in [5, 5.41) is 9.81. The Morgan fingerprint density at radius 3 is 2.42 bits per heavy atom. The third-order valence-electron chi connectivity index (χ3n) is 6.81. The molecular formula is C23H20F7N7O. The maximum Gasteiger partial charge on any atom is 0.436 e. The van der Waals surface area contributed by atoms with Crippen molar-refractivity contribution in [1.82, 2.24) is 29.9 Å². The van der Waals surface area contributed by atoms with Crippen LogP contribution in [0.3, 0.4) is 0 Å². The highest BCUT2D eigenvalue weighted by Gasteiger charge is 2.58. The molecule has 2 saturated heterocycles. The third kappa shape index (κ3) is 4.76. The van der Waals surface area contributed by atoms with E-state index in [1.54, 1.807) is 0 Å². The monoisotopic (exact) mass is 543 g/mol. The molecule has 6 rings (SSSR count). The van der Waals surface area contributed by atoms with Crippen molar-refractivity contribution < 1.29 is 35.5 Å². The van der Waals surface area contributed by atoms with Crippen molar-refractivity contribution in [3.8, 4) is 11.4 Å². The van der Waals surface area contributed by atoms with Crippen LogP contribution in [0.25, 0.3) is 11.4 Å². The fourth-order valence-corrected chi connectivity index (χ4v) is 5.51. The van der Waals surface area contributed by atoms with Gasteiger partial charge in [0.2, 0.25) is 0 Å². The van der Waals surface area contributed by atoms with E-state index >= 15 is 0 Å². The number of amides is 2. The predicted molar refractivity (Wildman–Crippen MR) is 118 cm³/mol. The quantitative estimate of drug-likeness (QED) is 0.446. The van der Waals surface area contributed by atoms with E-state index in [0.717, 1.165) is 35.4 Å². The Hall–Kier alpha value is -3.78. The number of carbonyl (C=O) groups is 1. The van der Waals surface area contributed by atoms with Crippen LogP contribution in [-0.4, -0.2) is 47.5 Å². The summed E-state index contributed by atoms with van der Waals surface area (Å²) in [5.41, 5.74) is -3.52. The van der Waals surface area contributed by atoms with Crippen molar-refractivity contribution >= 4 is 11.7 Å². The molecule has 15 heteroatoms. The van der Waals surface area contributed by atoms with E-state index in [0.29, 0.717) is 25.5 Å². The first kappa shape index (κ1) is 25.9. The Bertz CT molecular complexity index is 1360. The summed E-state index contributed by atoms with van der Waals surface area (Å²) in [6.45, 7) is 1.90. The van der Waals surface area contributed by atoms with Gasteiger partial charge in [0.25, 0.3) is 0 Å². The lowest BCUT2D eigenvalue weighted by Gasteiger charge is -2.63. The zero-order valence-corrected chi connectivity index (χ0v) is 19.7. The van der Waals surface area contributed by atoms with Gasteiger partial charge in [-0.1, -0.05) is 6.92 Å². The molecule has 3 aromatic rings. The molecule has 1 aliphatic carbocycles. The van der Waals surface area contributed by atoms with Gasteiger partial charge in [-0.25, -0.2) is 19.2 Å². The molecule has 38 heavy (non-hydrogen) atoms. The Balaban J connectivity index is 1.41. The van der Waals surface area contributed by atoms with Gasteiger partial charge in [-0.05, 0) is 43.4 Å². The third-order valence-corrected chi connectivity index (χ3v) is 6.81. The number of fused-ring (bicyclic) bond motifs is 2. The van der Waals surface area contributed by atoms with Gasteiger partial charge in [-0.2, -0.15) is 36.2 Å². The highest BCUT2D eigenvalue weighted by Crippen LogP contribution is 2.51. The lowest BCUT2D eigenvalue weighted by atomic mass is 9.64. The number of benzene rings is 1. The summed E-state index contributed by atoms with van der Waals surface area (Å²) in [4.78, 5) is 23.0. The van der Waals surface area contributed by atoms with Gasteiger partial charge in [0.15, 0.2) is 17.3 Å². The minimum Gasteiger partial charge on any atom is -0.314 e. The average molecular weight is 543 g/mol. The number of piperidine rings is 1. The van der Waals surface area contributed by atoms with Crippen LogP contribution in [0, 0.1) is 11.7 Å². The van der Waals surface area contributed by atoms with Crippen LogP contribution < -0.4 is 5.32 Å². The largest absolute Gasteiger partial charge is 0.436 e. The number of anilines is 1. The summed E-state index contributed by atoms with van der Waals surface area (Å²) in [6.07, 6.45) is -5.68. The molecule has 2 amide bonds. The van der Waals surface area contributed by atoms with Crippen LogP contribution in [-0.2, 0) is 18.9 Å². The molecule has 0 radical (unpaired) electrons. The predicted octanol–water partition coefficient (Wildman–Crippen LogP) is 5.39. The molecular weight excluding hydrogens is 523 g/mol. The minimum absolute atomic E-state index is 0.00988. The highest BCUT2D eigenvalue weighted by molar-refractivity contribution is 5.92. The van der Waals surface area contributed by atoms with E-state index in [-0.39, 0.29) is 30.0 Å². The maximum absolute atomic E-state index is 13.6. The summed E-state index contributed by atoms with van der Waals surface area (Å²) in [7, 11) is 0. The molecule has 0 spiro atoms. The van der Waals surface area contributed by atoms with Crippen molar-refractivity contribution in [2.24, 2.45) is 5.92 Å². The lowest BCUT2D eigenvalue weighted by Crippen LogP contribution is -2.73. The average Bonchev–Trinajstić information content (AvgIpc) is 3.27. The van der Waals surface area contributed by atoms with Crippen molar-refractivity contribution in [3.05, 3.63) is 53.9 Å². The van der Waals surface area contributed by atoms with Gasteiger partial charge in [-0.15, -0.1) is 5.10 Å². The second-order valence-corrected chi connectivity index (χ2v) is 9.67. The first-order valence-corrected chi connectivity index (χ1v) is 11.5. The van der Waals surface area contributed by atoms with E-state index in [1.807, 2.05) is 6.92 Å². The summed E-state index contributed by atoms with van der Waals surface area (Å²) in [6, 6.07) is 2.05. The van der Waals surface area contributed by atoms with Crippen LogP contribution in [0.1, 0.15) is 37.4 Å². The molecule has 1 N–H and O–H groups in total. The number of hydrogen-bond donors (Lipinski definition) is 1. The standard InChI is InChI=1S/C23H20F7N7O/c1-12-4-15-7-21(6-12,11-36-33-10-18(35-36)23(28,29)30)37(15)20(38)34-14-2-3-17(22(25,26)27)16(5-14)19-31-8-13(24)9-32-19/h2-3,5,8-10,12,15H,4,6-7,11H2,1H3,(H,34,38)/t12-,15+,21-/m0/s1. The van der Waals surface area contributed by atoms with Crippen LogP contribution in [0.5, 0.6) is 0 Å². The van der Waals surface area contributed by atoms with Gasteiger partial charge in [0.05, 0.1) is 36.2 Å². The highest BCUT2D eigenvalue weighted by atomic mass is 19.4. The topological polar surface area (TPSA) is 88.8 Å². The second-order valence-electron chi connectivity index (χ2n) is 9.67. The molecule has 2 bridgehead atoms. The smallest absolute Gasteiger partial charge is 0.314 e. The zero-order valence-electron chi connectivity index (χ0n) is 19.7. The SMILES string of the molecule is C[C@H]1C[C@@H]2C[C@](Cn3ncc(C(F)(F)F)n3)(C1)N2C(=O)Nc1ccc(C(F)(F)F)c(-c2ncc(F)cn2)c1. The minimum atomic E-state index is -4.77. The molecule has 1 saturated carbocycles. The van der Waals surface area contributed by atoms with E-state index in [2.05, 4.69) is 25.5 Å². The molecule has 2 aromatic heterocycles. The zero-order chi connectivity index (χ0) is 27.5. The molecule has 3 atom stereocenters. The number of hydrogen-bond acceptors (Lipinski definition) is 5. The normalized spacial score (nSPS) is 23.2. The Labute approximate surface area is 210 Å². The van der Waals surface area contributed by atoms with Gasteiger partial charge in [-0.3, -0.25) is 0 Å². The van der Waals surface area contributed by atoms with Gasteiger partial charge in [0.1, 0.15) is 0 Å². The second kappa shape index (κ2) is 8.91. The van der Waals surface area contributed by atoms with Crippen molar-refractivity contribution in [2.45, 2.75) is 56.7 Å². The number of halogens is 7. The number of nitrogens with zero attached hydrogens (tertiary/aromatic N) is 6. The molecule has 4 heterocycles. The molecule has 2 aliphatic heterocycles. The van der Waals surface area contributed by atoms with E-state index in [4.69, 9.17) is 0 Å². The van der Waals surface area contributed by atoms with Crippen molar-refractivity contribution in [3.63, 3.8) is 0 Å². The Morgan fingerprint density at radius 2 is 1.79 bits per heavy atom. The number of alkyl halides is 6. The van der Waals surface area contributed by atoms with Crippen LogP contribution >= 0.6 is 0 Å². The fraction of sp³-hybridized carbons (Fsp3) is 0.435. The Kier molecular flexibility index (Phi) is 6.06. The van der Waals surface area contributed by atoms with Gasteiger partial charge < -0.3 is 10.2 Å². The molecule has 3 aliphatic rings. The number of carbonyl (C=O) groups excluding carboxylic acids is 1. The summed E-state index contributed by atoms with van der Waals surface area (Å²) >= 11 is 0. The first-order valence-electron chi connectivity index (χ1n) is 11.5. The van der Waals surface area contributed by atoms with E-state index < -0.39 is 46.6 Å². The van der Waals surface area contributed by atoms with E-state index in [9.17, 15) is 35.5 Å². The van der Waals surface area contributed by atoms with Crippen molar-refractivity contribution in [1.29, 1.82) is 0 Å². The molecule has 8 nitrogen and oxygen atoms in total. The van der Waals surface area contributed by atoms with E-state index in [1.165, 1.54) is 4.90 Å². The van der Waals surface area contributed by atoms with Crippen molar-refractivity contribution in [2.75, 3.05) is 5.32 Å². The fourth-order valence-electron chi connectivity index (χ4n) is 5.51. The number of aromatic nitrogens is 5. The van der Waals surface area contributed by atoms with Crippen LogP contribution in [0.2, 0.25) is 0 Å². The van der Waals surface area contributed by atoms with Crippen LogP contribution in [0.15, 0.2) is 36.8 Å². The molecule has 1 aromatic carbocycles. The lowest BCUT2D eigenvalue weighted by molar-refractivity contribution is -0.142. The molecule has 3 fully saturated rings. The van der Waals surface area contributed by atoms with Gasteiger partial charge in [0, 0.05) is 17.3 Å².